The molecule has 0 unspecified atom stereocenters. The molecule has 140 valence electrons. The van der Waals surface area contributed by atoms with E-state index >= 15 is 0 Å². The van der Waals surface area contributed by atoms with Gasteiger partial charge in [-0.3, -0.25) is 9.59 Å². The number of allylic oxidation sites excluding steroid dienone is 1. The Labute approximate surface area is 157 Å². The molecule has 0 atom stereocenters. The van der Waals surface area contributed by atoms with Gasteiger partial charge in [0, 0.05) is 28.8 Å². The monoisotopic (exact) mass is 366 g/mol. The van der Waals surface area contributed by atoms with Crippen molar-refractivity contribution in [2.45, 2.75) is 46.1 Å². The molecule has 0 amide bonds. The lowest BCUT2D eigenvalue weighted by molar-refractivity contribution is -0.137. The standard InChI is InChI=1S/C22H22O5/c1-12(23)18-17(26-13(2)24)11-25-21-15-8-6-5-7-14(15)20-16(19(18)21)9-10-22(3,4)27-20/h5-8H,9-11H2,1-4H3. The van der Waals surface area contributed by atoms with E-state index in [1.54, 1.807) is 0 Å². The minimum Gasteiger partial charge on any atom is -0.487 e. The minimum atomic E-state index is -0.470. The molecule has 0 aromatic heterocycles. The highest BCUT2D eigenvalue weighted by molar-refractivity contribution is 6.23. The number of fused-ring (bicyclic) bond motifs is 6. The number of benzene rings is 2. The van der Waals surface area contributed by atoms with Crippen molar-refractivity contribution in [3.8, 4) is 11.5 Å². The van der Waals surface area contributed by atoms with E-state index in [4.69, 9.17) is 14.2 Å². The summed E-state index contributed by atoms with van der Waals surface area (Å²) in [6.07, 6.45) is 1.57. The van der Waals surface area contributed by atoms with Crippen LogP contribution in [-0.2, 0) is 20.7 Å². The Morgan fingerprint density at radius 3 is 2.37 bits per heavy atom. The molecule has 2 aromatic carbocycles. The van der Waals surface area contributed by atoms with Gasteiger partial charge in [-0.05, 0) is 33.6 Å². The fourth-order valence-electron chi connectivity index (χ4n) is 3.93. The second-order valence-electron chi connectivity index (χ2n) is 7.66. The molecule has 2 heterocycles. The van der Waals surface area contributed by atoms with E-state index in [1.807, 2.05) is 24.3 Å². The molecule has 2 aromatic rings. The van der Waals surface area contributed by atoms with E-state index in [0.29, 0.717) is 16.9 Å². The SMILES string of the molecule is CC(=O)OC1=C(C(C)=O)c2c3c(c4ccccc4c2OC1)OC(C)(C)CC3. The van der Waals surface area contributed by atoms with Gasteiger partial charge in [-0.15, -0.1) is 0 Å². The summed E-state index contributed by atoms with van der Waals surface area (Å²) in [7, 11) is 0. The van der Waals surface area contributed by atoms with Crippen LogP contribution in [0.25, 0.3) is 16.3 Å². The molecule has 27 heavy (non-hydrogen) atoms. The van der Waals surface area contributed by atoms with Gasteiger partial charge < -0.3 is 14.2 Å². The average molecular weight is 366 g/mol. The van der Waals surface area contributed by atoms with Crippen LogP contribution in [0.3, 0.4) is 0 Å². The van der Waals surface area contributed by atoms with Crippen LogP contribution in [0, 0.1) is 0 Å². The first-order chi connectivity index (χ1) is 12.8. The van der Waals surface area contributed by atoms with Crippen LogP contribution in [0.4, 0.5) is 0 Å². The largest absolute Gasteiger partial charge is 0.487 e. The Morgan fingerprint density at radius 2 is 1.74 bits per heavy atom. The summed E-state index contributed by atoms with van der Waals surface area (Å²) in [6.45, 7) is 6.99. The number of Topliss-reactive ketones (excluding diaryl/α,β-unsaturated/α-hetero) is 1. The van der Waals surface area contributed by atoms with Crippen molar-refractivity contribution in [1.82, 2.24) is 0 Å². The summed E-state index contributed by atoms with van der Waals surface area (Å²) in [4.78, 5) is 24.1. The van der Waals surface area contributed by atoms with Crippen LogP contribution in [-0.4, -0.2) is 24.0 Å². The number of rotatable bonds is 2. The summed E-state index contributed by atoms with van der Waals surface area (Å²) in [5, 5.41) is 1.86. The van der Waals surface area contributed by atoms with Crippen LogP contribution in [0.2, 0.25) is 0 Å². The number of ketones is 1. The molecule has 4 rings (SSSR count). The molecule has 0 saturated carbocycles. The molecule has 5 heteroatoms. The van der Waals surface area contributed by atoms with Crippen molar-refractivity contribution >= 4 is 28.1 Å². The summed E-state index contributed by atoms with van der Waals surface area (Å²) >= 11 is 0. The van der Waals surface area contributed by atoms with Crippen molar-refractivity contribution in [3.63, 3.8) is 0 Å². The smallest absolute Gasteiger partial charge is 0.307 e. The minimum absolute atomic E-state index is 0.0522. The second-order valence-corrected chi connectivity index (χ2v) is 7.66. The van der Waals surface area contributed by atoms with Gasteiger partial charge in [0.15, 0.2) is 11.5 Å². The maximum Gasteiger partial charge on any atom is 0.307 e. The quantitative estimate of drug-likeness (QED) is 0.746. The lowest BCUT2D eigenvalue weighted by atomic mass is 9.84. The third kappa shape index (κ3) is 2.87. The van der Waals surface area contributed by atoms with Gasteiger partial charge in [0.25, 0.3) is 0 Å². The van der Waals surface area contributed by atoms with Crippen LogP contribution < -0.4 is 9.47 Å². The fourth-order valence-corrected chi connectivity index (χ4v) is 3.93. The van der Waals surface area contributed by atoms with Gasteiger partial charge >= 0.3 is 5.97 Å². The zero-order valence-electron chi connectivity index (χ0n) is 16.0. The Hall–Kier alpha value is -2.82. The highest BCUT2D eigenvalue weighted by Crippen LogP contribution is 2.50. The third-order valence-electron chi connectivity index (χ3n) is 5.07. The molecule has 2 aliphatic rings. The Bertz CT molecular complexity index is 1010. The number of carbonyl (C=O) groups is 2. The number of hydrogen-bond donors (Lipinski definition) is 0. The topological polar surface area (TPSA) is 61.8 Å². The van der Waals surface area contributed by atoms with E-state index < -0.39 is 5.97 Å². The number of ether oxygens (including phenoxy) is 3. The normalized spacial score (nSPS) is 17.5. The summed E-state index contributed by atoms with van der Waals surface area (Å²) in [6, 6.07) is 7.88. The van der Waals surface area contributed by atoms with Gasteiger partial charge in [0.2, 0.25) is 0 Å². The van der Waals surface area contributed by atoms with Gasteiger partial charge in [-0.25, -0.2) is 0 Å². The van der Waals surface area contributed by atoms with Gasteiger partial charge in [0.1, 0.15) is 23.7 Å². The van der Waals surface area contributed by atoms with Gasteiger partial charge in [-0.2, -0.15) is 0 Å². The molecule has 0 bridgehead atoms. The zero-order valence-corrected chi connectivity index (χ0v) is 16.0. The van der Waals surface area contributed by atoms with E-state index in [9.17, 15) is 9.59 Å². The molecular weight excluding hydrogens is 344 g/mol. The first-order valence-corrected chi connectivity index (χ1v) is 9.11. The van der Waals surface area contributed by atoms with Crippen molar-refractivity contribution < 1.29 is 23.8 Å². The van der Waals surface area contributed by atoms with Crippen LogP contribution >= 0.6 is 0 Å². The van der Waals surface area contributed by atoms with E-state index in [0.717, 1.165) is 34.9 Å². The first-order valence-electron chi connectivity index (χ1n) is 9.11. The highest BCUT2D eigenvalue weighted by Gasteiger charge is 2.36. The molecular formula is C22H22O5. The number of carbonyl (C=O) groups excluding carboxylic acids is 2. The number of esters is 1. The summed E-state index contributed by atoms with van der Waals surface area (Å²) in [5.74, 6) is 1.09. The molecule has 0 radical (unpaired) electrons. The van der Waals surface area contributed by atoms with Crippen molar-refractivity contribution in [2.75, 3.05) is 6.61 Å². The maximum atomic E-state index is 12.6. The molecule has 2 aliphatic heterocycles. The summed E-state index contributed by atoms with van der Waals surface area (Å²) < 4.78 is 17.7. The number of hydrogen-bond acceptors (Lipinski definition) is 5. The zero-order chi connectivity index (χ0) is 19.3. The first kappa shape index (κ1) is 17.6. The predicted octanol–water partition coefficient (Wildman–Crippen LogP) is 4.20. The Morgan fingerprint density at radius 1 is 1.07 bits per heavy atom. The lowest BCUT2D eigenvalue weighted by Gasteiger charge is -2.36. The van der Waals surface area contributed by atoms with Gasteiger partial charge in [0.05, 0.1) is 5.57 Å². The van der Waals surface area contributed by atoms with E-state index in [2.05, 4.69) is 13.8 Å². The molecule has 0 spiro atoms. The highest BCUT2D eigenvalue weighted by atomic mass is 16.6. The Balaban J connectivity index is 2.08. The molecule has 0 fully saturated rings. The maximum absolute atomic E-state index is 12.6. The second kappa shape index (κ2) is 6.12. The molecule has 0 aliphatic carbocycles. The fraction of sp³-hybridized carbons (Fsp3) is 0.364. The van der Waals surface area contributed by atoms with Crippen molar-refractivity contribution in [2.24, 2.45) is 0 Å². The van der Waals surface area contributed by atoms with E-state index in [1.165, 1.54) is 13.8 Å². The van der Waals surface area contributed by atoms with Crippen LogP contribution in [0.5, 0.6) is 11.5 Å². The third-order valence-corrected chi connectivity index (χ3v) is 5.07. The van der Waals surface area contributed by atoms with Crippen molar-refractivity contribution in [1.29, 1.82) is 0 Å². The van der Waals surface area contributed by atoms with Crippen LogP contribution in [0.1, 0.15) is 45.2 Å². The van der Waals surface area contributed by atoms with Crippen LogP contribution in [0.15, 0.2) is 30.0 Å². The lowest BCUT2D eigenvalue weighted by Crippen LogP contribution is -2.33. The predicted molar refractivity (Wildman–Crippen MR) is 102 cm³/mol. The van der Waals surface area contributed by atoms with E-state index in [-0.39, 0.29) is 23.8 Å². The molecule has 5 nitrogen and oxygen atoms in total. The average Bonchev–Trinajstić information content (AvgIpc) is 2.60. The molecule has 0 N–H and O–H groups in total. The summed E-state index contributed by atoms with van der Waals surface area (Å²) in [5.41, 5.74) is 1.77. The molecule has 0 saturated heterocycles. The van der Waals surface area contributed by atoms with Gasteiger partial charge in [-0.1, -0.05) is 24.3 Å². The Kier molecular flexibility index (Phi) is 3.98. The van der Waals surface area contributed by atoms with Crippen molar-refractivity contribution in [3.05, 3.63) is 41.2 Å².